The zero-order valence-electron chi connectivity index (χ0n) is 16.7. The van der Waals surface area contributed by atoms with Crippen LogP contribution in [0.15, 0.2) is 46.0 Å². The molecule has 4 aromatic rings. The maximum absolute atomic E-state index is 13.1. The van der Waals surface area contributed by atoms with Crippen molar-refractivity contribution in [1.82, 2.24) is 13.5 Å². The van der Waals surface area contributed by atoms with E-state index in [-0.39, 0.29) is 11.4 Å². The first-order chi connectivity index (χ1) is 15.1. The summed E-state index contributed by atoms with van der Waals surface area (Å²) in [5.74, 6) is -0.161. The summed E-state index contributed by atoms with van der Waals surface area (Å²) in [4.78, 5) is 25.1. The maximum atomic E-state index is 13.1. The lowest BCUT2D eigenvalue weighted by atomic mass is 10.0. The first-order valence-electron chi connectivity index (χ1n) is 9.78. The average Bonchev–Trinajstić information content (AvgIpc) is 3.35. The molecule has 1 aliphatic rings. The van der Waals surface area contributed by atoms with E-state index in [4.69, 9.17) is 0 Å². The first kappa shape index (κ1) is 20.5. The van der Waals surface area contributed by atoms with Gasteiger partial charge in [-0.2, -0.15) is 17.5 Å². The third-order valence-corrected chi connectivity index (χ3v) is 6.60. The smallest absolute Gasteiger partial charge is 0.292 e. The van der Waals surface area contributed by atoms with Crippen LogP contribution < -0.4 is 11.2 Å². The van der Waals surface area contributed by atoms with Crippen molar-refractivity contribution in [2.24, 2.45) is 7.05 Å². The van der Waals surface area contributed by atoms with E-state index < -0.39 is 23.1 Å². The van der Waals surface area contributed by atoms with E-state index in [0.717, 1.165) is 53.7 Å². The van der Waals surface area contributed by atoms with Crippen LogP contribution in [-0.4, -0.2) is 13.5 Å². The molecule has 0 fully saturated rings. The van der Waals surface area contributed by atoms with E-state index in [1.165, 1.54) is 12.1 Å². The number of nitrogens with zero attached hydrogens (tertiary/aromatic N) is 3. The Labute approximate surface area is 183 Å². The largest absolute Gasteiger partial charge is 0.431 e. The summed E-state index contributed by atoms with van der Waals surface area (Å²) in [5, 5.41) is 13.3. The van der Waals surface area contributed by atoms with Gasteiger partial charge in [0.1, 0.15) is 5.69 Å². The number of hydrogen-bond acceptors (Lipinski definition) is 4. The summed E-state index contributed by atoms with van der Waals surface area (Å²) in [6.45, 7) is 0. The number of benzene rings is 2. The molecular weight excluding hydrogens is 443 g/mol. The van der Waals surface area contributed by atoms with Crippen LogP contribution >= 0.6 is 11.5 Å². The molecule has 0 aliphatic heterocycles. The van der Waals surface area contributed by atoms with Gasteiger partial charge in [-0.1, -0.05) is 0 Å². The lowest BCUT2D eigenvalue weighted by Gasteiger charge is -2.14. The number of aryl methyl sites for hydroxylation is 2. The van der Waals surface area contributed by atoms with Gasteiger partial charge in [0.2, 0.25) is 0 Å². The number of halogens is 3. The van der Waals surface area contributed by atoms with Gasteiger partial charge >= 0.3 is 11.9 Å². The Balaban J connectivity index is 1.71. The van der Waals surface area contributed by atoms with Crippen molar-refractivity contribution in [2.45, 2.75) is 25.4 Å². The molecule has 0 saturated carbocycles. The standard InChI is InChI=1S/C22H15F3N3O3S/c1-27-18(22(23,24)25)10-19(30)28(21(27)31)13-5-6-17-15(9-13)20(26-32-17)14-7-11-3-2-4-12(11)8-16(14)29/h5-10H,2-4H2,1H3. The molecule has 0 unspecified atom stereocenters. The van der Waals surface area contributed by atoms with Gasteiger partial charge in [-0.15, -0.1) is 0 Å². The van der Waals surface area contributed by atoms with Crippen LogP contribution in [0.5, 0.6) is 5.75 Å². The lowest BCUT2D eigenvalue weighted by Crippen LogP contribution is -2.40. The number of rotatable bonds is 2. The first-order valence-corrected chi connectivity index (χ1v) is 10.6. The van der Waals surface area contributed by atoms with E-state index in [1.807, 2.05) is 6.07 Å². The molecule has 1 aliphatic carbocycles. The molecule has 5 rings (SSSR count). The Morgan fingerprint density at radius 1 is 1.03 bits per heavy atom. The van der Waals surface area contributed by atoms with Gasteiger partial charge in [-0.3, -0.25) is 14.5 Å². The number of hydrogen-bond donors (Lipinski definition) is 0. The molecule has 6 nitrogen and oxygen atoms in total. The number of alkyl halides is 3. The van der Waals surface area contributed by atoms with Crippen molar-refractivity contribution in [2.75, 3.05) is 0 Å². The molecule has 2 aromatic heterocycles. The number of fused-ring (bicyclic) bond motifs is 2. The summed E-state index contributed by atoms with van der Waals surface area (Å²) in [6.07, 6.45) is -2.10. The van der Waals surface area contributed by atoms with Crippen molar-refractivity contribution in [3.8, 4) is 22.7 Å². The quantitative estimate of drug-likeness (QED) is 0.445. The van der Waals surface area contributed by atoms with Gasteiger partial charge < -0.3 is 0 Å². The van der Waals surface area contributed by atoms with Gasteiger partial charge in [0.15, 0.2) is 5.75 Å². The van der Waals surface area contributed by atoms with Crippen LogP contribution in [0, 0.1) is 0 Å². The summed E-state index contributed by atoms with van der Waals surface area (Å²) >= 11 is 1.16. The van der Waals surface area contributed by atoms with Gasteiger partial charge in [0.25, 0.3) is 5.56 Å². The van der Waals surface area contributed by atoms with Crippen molar-refractivity contribution in [3.63, 3.8) is 0 Å². The molecule has 0 saturated heterocycles. The van der Waals surface area contributed by atoms with Crippen LogP contribution in [0.4, 0.5) is 13.2 Å². The molecule has 2 aromatic carbocycles. The molecule has 0 spiro atoms. The Bertz CT molecular complexity index is 1520. The number of aromatic nitrogens is 3. The topological polar surface area (TPSA) is 76.8 Å². The fourth-order valence-electron chi connectivity index (χ4n) is 4.18. The Morgan fingerprint density at radius 3 is 2.47 bits per heavy atom. The Kier molecular flexibility index (Phi) is 4.52. The average molecular weight is 458 g/mol. The molecule has 0 atom stereocenters. The molecule has 0 N–H and O–H groups in total. The normalized spacial score (nSPS) is 13.6. The van der Waals surface area contributed by atoms with Gasteiger partial charge in [0, 0.05) is 24.1 Å². The molecule has 0 bridgehead atoms. The molecular formula is C22H15F3N3O3S. The van der Waals surface area contributed by atoms with Crippen molar-refractivity contribution in [3.05, 3.63) is 74.1 Å². The summed E-state index contributed by atoms with van der Waals surface area (Å²) in [5.41, 5.74) is -0.417. The molecule has 2 heterocycles. The zero-order chi connectivity index (χ0) is 22.8. The van der Waals surface area contributed by atoms with Gasteiger partial charge in [-0.05, 0) is 72.3 Å². The van der Waals surface area contributed by atoms with E-state index >= 15 is 0 Å². The van der Waals surface area contributed by atoms with Gasteiger partial charge in [0.05, 0.1) is 16.1 Å². The van der Waals surface area contributed by atoms with E-state index in [9.17, 15) is 27.9 Å². The predicted molar refractivity (Wildman–Crippen MR) is 113 cm³/mol. The summed E-state index contributed by atoms with van der Waals surface area (Å²) < 4.78 is 45.6. The second-order valence-electron chi connectivity index (χ2n) is 7.72. The highest BCUT2D eigenvalue weighted by Gasteiger charge is 2.35. The molecule has 0 amide bonds. The van der Waals surface area contributed by atoms with E-state index in [0.29, 0.717) is 31.8 Å². The fraction of sp³-hybridized carbons (Fsp3) is 0.227. The van der Waals surface area contributed by atoms with E-state index in [1.54, 1.807) is 12.1 Å². The molecule has 1 radical (unpaired) electrons. The highest BCUT2D eigenvalue weighted by Crippen LogP contribution is 2.40. The SMILES string of the molecule is Cn1c(C(F)(F)F)cc(=O)n(-c2ccc3snc(-c4cc5c(cc4[O])CCC5)c3c2)c1=O. The Hall–Kier alpha value is -3.40. The third kappa shape index (κ3) is 3.13. The monoisotopic (exact) mass is 458 g/mol. The van der Waals surface area contributed by atoms with Gasteiger partial charge in [-0.25, -0.2) is 9.36 Å². The summed E-state index contributed by atoms with van der Waals surface area (Å²) in [6, 6.07) is 8.48. The second kappa shape index (κ2) is 7.06. The third-order valence-electron chi connectivity index (χ3n) is 5.77. The van der Waals surface area contributed by atoms with Crippen molar-refractivity contribution in [1.29, 1.82) is 0 Å². The van der Waals surface area contributed by atoms with Crippen molar-refractivity contribution >= 4 is 21.6 Å². The lowest BCUT2D eigenvalue weighted by molar-refractivity contribution is -0.144. The minimum absolute atomic E-state index is 0.104. The predicted octanol–water partition coefficient (Wildman–Crippen LogP) is 4.46. The van der Waals surface area contributed by atoms with Crippen LogP contribution in [-0.2, 0) is 31.2 Å². The highest BCUT2D eigenvalue weighted by atomic mass is 32.1. The minimum atomic E-state index is -4.83. The van der Waals surface area contributed by atoms with Crippen LogP contribution in [0.1, 0.15) is 23.2 Å². The molecule has 10 heteroatoms. The van der Waals surface area contributed by atoms with E-state index in [2.05, 4.69) is 4.37 Å². The van der Waals surface area contributed by atoms with Crippen molar-refractivity contribution < 1.29 is 18.3 Å². The second-order valence-corrected chi connectivity index (χ2v) is 8.53. The Morgan fingerprint density at radius 2 is 1.75 bits per heavy atom. The highest BCUT2D eigenvalue weighted by molar-refractivity contribution is 7.13. The maximum Gasteiger partial charge on any atom is 0.431 e. The van der Waals surface area contributed by atoms with Crippen LogP contribution in [0.3, 0.4) is 0 Å². The fourth-order valence-corrected chi connectivity index (χ4v) is 4.95. The molecule has 32 heavy (non-hydrogen) atoms. The van der Waals surface area contributed by atoms with Crippen LogP contribution in [0.25, 0.3) is 27.0 Å². The van der Waals surface area contributed by atoms with Crippen LogP contribution in [0.2, 0.25) is 0 Å². The molecule has 163 valence electrons. The summed E-state index contributed by atoms with van der Waals surface area (Å²) in [7, 11) is 0.964. The zero-order valence-corrected chi connectivity index (χ0v) is 17.5. The minimum Gasteiger partial charge on any atom is -0.292 e.